The Morgan fingerprint density at radius 1 is 1.04 bits per heavy atom. The molecule has 5 heteroatoms. The van der Waals surface area contributed by atoms with E-state index in [4.69, 9.17) is 5.11 Å². The van der Waals surface area contributed by atoms with E-state index in [1.807, 2.05) is 48.2 Å². The van der Waals surface area contributed by atoms with E-state index in [1.54, 1.807) is 0 Å². The van der Waals surface area contributed by atoms with Crippen molar-refractivity contribution in [2.45, 2.75) is 18.8 Å². The van der Waals surface area contributed by atoms with Crippen molar-refractivity contribution in [1.29, 1.82) is 0 Å². The van der Waals surface area contributed by atoms with Gasteiger partial charge in [-0.25, -0.2) is 0 Å². The summed E-state index contributed by atoms with van der Waals surface area (Å²) in [6.45, 7) is 5.04. The van der Waals surface area contributed by atoms with Crippen molar-refractivity contribution in [3.63, 3.8) is 0 Å². The summed E-state index contributed by atoms with van der Waals surface area (Å²) in [6, 6.07) is 20.4. The third-order valence-corrected chi connectivity index (χ3v) is 5.48. The number of nitrogens with zero attached hydrogens (tertiary/aromatic N) is 1. The van der Waals surface area contributed by atoms with Crippen molar-refractivity contribution in [3.05, 3.63) is 71.8 Å². The fourth-order valence-electron chi connectivity index (χ4n) is 4.26. The normalized spacial score (nSPS) is 18.4. The van der Waals surface area contributed by atoms with Crippen LogP contribution < -0.4 is 5.32 Å². The summed E-state index contributed by atoms with van der Waals surface area (Å²) >= 11 is 0. The minimum atomic E-state index is -0.639. The van der Waals surface area contributed by atoms with Crippen molar-refractivity contribution < 1.29 is 9.90 Å². The highest BCUT2D eigenvalue weighted by Crippen LogP contribution is 2.47. The van der Waals surface area contributed by atoms with Crippen LogP contribution in [0.5, 0.6) is 0 Å². The molecule has 1 saturated heterocycles. The molecule has 1 fully saturated rings. The molecule has 1 aliphatic rings. The highest BCUT2D eigenvalue weighted by atomic mass is 35.5. The maximum absolute atomic E-state index is 13.6. The smallest absolute Gasteiger partial charge is 0.238 e. The van der Waals surface area contributed by atoms with Crippen LogP contribution in [-0.4, -0.2) is 48.7 Å². The average Bonchev–Trinajstić information content (AvgIpc) is 2.99. The van der Waals surface area contributed by atoms with E-state index in [0.29, 0.717) is 6.54 Å². The molecule has 2 N–H and O–H groups in total. The number of likely N-dealkylation sites (N-methyl/N-ethyl adjacent to an activating group) is 1. The molecule has 146 valence electrons. The number of likely N-dealkylation sites (tertiary alicyclic amines) is 1. The summed E-state index contributed by atoms with van der Waals surface area (Å²) in [5, 5.41) is 12.3. The standard InChI is InChI=1S/C22H28N2O2.ClH/c1-2-24-17-20(13-14-23-15-16-25)22(21(24)26,18-9-5-3-6-10-18)19-11-7-4-8-12-19;/h3-12,20,23,25H,2,13-17H2,1H3;1H. The van der Waals surface area contributed by atoms with Gasteiger partial charge in [0.1, 0.15) is 5.41 Å². The van der Waals surface area contributed by atoms with E-state index < -0.39 is 5.41 Å². The van der Waals surface area contributed by atoms with Gasteiger partial charge in [0.05, 0.1) is 6.61 Å². The summed E-state index contributed by atoms with van der Waals surface area (Å²) in [6.07, 6.45) is 0.881. The van der Waals surface area contributed by atoms with Crippen LogP contribution in [0.25, 0.3) is 0 Å². The molecule has 1 unspecified atom stereocenters. The van der Waals surface area contributed by atoms with E-state index in [0.717, 1.165) is 37.2 Å². The Bertz CT molecular complexity index is 669. The maximum Gasteiger partial charge on any atom is 0.238 e. The van der Waals surface area contributed by atoms with Gasteiger partial charge in [-0.05, 0) is 31.0 Å². The second-order valence-corrected chi connectivity index (χ2v) is 6.84. The first-order valence-electron chi connectivity index (χ1n) is 9.47. The zero-order valence-electron chi connectivity index (χ0n) is 15.8. The van der Waals surface area contributed by atoms with Gasteiger partial charge in [-0.15, -0.1) is 12.4 Å². The SMILES string of the molecule is CCN1CC(CCNCCO)C(c2ccccc2)(c2ccccc2)C1=O.Cl. The second-order valence-electron chi connectivity index (χ2n) is 6.84. The number of halogens is 1. The number of rotatable bonds is 8. The molecule has 0 spiro atoms. The van der Waals surface area contributed by atoms with E-state index in [-0.39, 0.29) is 30.8 Å². The van der Waals surface area contributed by atoms with Crippen LogP contribution in [-0.2, 0) is 10.2 Å². The van der Waals surface area contributed by atoms with E-state index in [1.165, 1.54) is 0 Å². The molecule has 1 atom stereocenters. The predicted molar refractivity (Wildman–Crippen MR) is 111 cm³/mol. The fourth-order valence-corrected chi connectivity index (χ4v) is 4.26. The number of amides is 1. The number of hydrogen-bond donors (Lipinski definition) is 2. The Morgan fingerprint density at radius 3 is 2.07 bits per heavy atom. The lowest BCUT2D eigenvalue weighted by Crippen LogP contribution is -2.42. The Balaban J connectivity index is 0.00000261. The van der Waals surface area contributed by atoms with Gasteiger partial charge in [0.15, 0.2) is 0 Å². The van der Waals surface area contributed by atoms with Gasteiger partial charge in [-0.3, -0.25) is 4.79 Å². The molecular weight excluding hydrogens is 360 g/mol. The molecule has 0 saturated carbocycles. The van der Waals surface area contributed by atoms with Crippen LogP contribution in [0, 0.1) is 5.92 Å². The molecule has 4 nitrogen and oxygen atoms in total. The number of aliphatic hydroxyl groups excluding tert-OH is 1. The van der Waals surface area contributed by atoms with E-state index >= 15 is 0 Å². The minimum Gasteiger partial charge on any atom is -0.395 e. The van der Waals surface area contributed by atoms with E-state index in [9.17, 15) is 4.79 Å². The van der Waals surface area contributed by atoms with Crippen molar-refractivity contribution in [3.8, 4) is 0 Å². The third-order valence-electron chi connectivity index (χ3n) is 5.48. The van der Waals surface area contributed by atoms with E-state index in [2.05, 4.69) is 29.6 Å². The van der Waals surface area contributed by atoms with Gasteiger partial charge in [0.25, 0.3) is 0 Å². The predicted octanol–water partition coefficient (Wildman–Crippen LogP) is 2.84. The lowest BCUT2D eigenvalue weighted by atomic mass is 9.66. The Kier molecular flexibility index (Phi) is 7.84. The molecule has 0 aromatic heterocycles. The molecule has 2 aromatic carbocycles. The molecule has 1 heterocycles. The highest BCUT2D eigenvalue weighted by Gasteiger charge is 2.55. The number of carbonyl (C=O) groups is 1. The Labute approximate surface area is 168 Å². The van der Waals surface area contributed by atoms with Crippen LogP contribution >= 0.6 is 12.4 Å². The highest BCUT2D eigenvalue weighted by molar-refractivity contribution is 5.94. The van der Waals surface area contributed by atoms with Gasteiger partial charge in [0, 0.05) is 25.6 Å². The largest absolute Gasteiger partial charge is 0.395 e. The van der Waals surface area contributed by atoms with Gasteiger partial charge < -0.3 is 15.3 Å². The van der Waals surface area contributed by atoms with Crippen molar-refractivity contribution >= 4 is 18.3 Å². The average molecular weight is 389 g/mol. The molecule has 2 aromatic rings. The molecule has 0 aliphatic carbocycles. The lowest BCUT2D eigenvalue weighted by molar-refractivity contribution is -0.131. The Hall–Kier alpha value is -1.88. The molecule has 1 amide bonds. The van der Waals surface area contributed by atoms with Gasteiger partial charge >= 0.3 is 0 Å². The topological polar surface area (TPSA) is 52.6 Å². The first-order chi connectivity index (χ1) is 12.7. The summed E-state index contributed by atoms with van der Waals surface area (Å²) in [5.74, 6) is 0.385. The lowest BCUT2D eigenvalue weighted by Gasteiger charge is -2.34. The van der Waals surface area contributed by atoms with Crippen LogP contribution in [0.2, 0.25) is 0 Å². The monoisotopic (exact) mass is 388 g/mol. The maximum atomic E-state index is 13.6. The number of benzene rings is 2. The van der Waals surface area contributed by atoms with Crippen molar-refractivity contribution in [2.24, 2.45) is 5.92 Å². The summed E-state index contributed by atoms with van der Waals surface area (Å²) < 4.78 is 0. The molecule has 0 bridgehead atoms. The first kappa shape index (κ1) is 21.4. The van der Waals surface area contributed by atoms with Gasteiger partial charge in [-0.2, -0.15) is 0 Å². The Morgan fingerprint density at radius 2 is 1.59 bits per heavy atom. The van der Waals surface area contributed by atoms with Crippen LogP contribution in [0.4, 0.5) is 0 Å². The van der Waals surface area contributed by atoms with Crippen molar-refractivity contribution in [2.75, 3.05) is 32.8 Å². The summed E-state index contributed by atoms with van der Waals surface area (Å²) in [4.78, 5) is 15.6. The zero-order valence-corrected chi connectivity index (χ0v) is 16.6. The van der Waals surface area contributed by atoms with Crippen molar-refractivity contribution in [1.82, 2.24) is 10.2 Å². The van der Waals surface area contributed by atoms with Crippen LogP contribution in [0.1, 0.15) is 24.5 Å². The van der Waals surface area contributed by atoms with Gasteiger partial charge in [-0.1, -0.05) is 60.7 Å². The number of aliphatic hydroxyl groups is 1. The first-order valence-corrected chi connectivity index (χ1v) is 9.47. The zero-order chi connectivity index (χ0) is 18.4. The summed E-state index contributed by atoms with van der Waals surface area (Å²) in [7, 11) is 0. The fraction of sp³-hybridized carbons (Fsp3) is 0.409. The molecule has 1 aliphatic heterocycles. The third kappa shape index (κ3) is 4.03. The number of nitrogens with one attached hydrogen (secondary N) is 1. The van der Waals surface area contributed by atoms with Gasteiger partial charge in [0.2, 0.25) is 5.91 Å². The minimum absolute atomic E-state index is 0. The van der Waals surface area contributed by atoms with Crippen LogP contribution in [0.15, 0.2) is 60.7 Å². The summed E-state index contributed by atoms with van der Waals surface area (Å²) in [5.41, 5.74) is 1.50. The molecule has 3 rings (SSSR count). The molecular formula is C22H29ClN2O2. The second kappa shape index (κ2) is 9.88. The van der Waals surface area contributed by atoms with Crippen LogP contribution in [0.3, 0.4) is 0 Å². The number of carbonyl (C=O) groups excluding carboxylic acids is 1. The molecule has 0 radical (unpaired) electrons. The quantitative estimate of drug-likeness (QED) is 0.684. The number of hydrogen-bond acceptors (Lipinski definition) is 3. The molecule has 27 heavy (non-hydrogen) atoms.